The van der Waals surface area contributed by atoms with Crippen molar-refractivity contribution in [3.63, 3.8) is 0 Å². The number of rotatable bonds is 6. The summed E-state index contributed by atoms with van der Waals surface area (Å²) in [6.07, 6.45) is -0.734. The molecule has 31 heavy (non-hydrogen) atoms. The number of fused-ring (bicyclic) bond motifs is 4. The van der Waals surface area contributed by atoms with Crippen LogP contribution in [0.15, 0.2) is 18.2 Å². The van der Waals surface area contributed by atoms with E-state index in [0.717, 1.165) is 0 Å². The molecule has 9 nitrogen and oxygen atoms in total. The lowest BCUT2D eigenvalue weighted by Crippen LogP contribution is -2.63. The molecule has 2 bridgehead atoms. The van der Waals surface area contributed by atoms with Gasteiger partial charge in [0.05, 0.1) is 38.8 Å². The van der Waals surface area contributed by atoms with Gasteiger partial charge in [-0.3, -0.25) is 14.5 Å². The molecule has 0 saturated carbocycles. The molecule has 0 spiro atoms. The predicted octanol–water partition coefficient (Wildman–Crippen LogP) is 2.17. The van der Waals surface area contributed by atoms with Gasteiger partial charge >= 0.3 is 18.0 Å². The number of Topliss-reactive ketones (excluding diaryl/α,β-unsaturated/α-hetero) is 1. The van der Waals surface area contributed by atoms with Gasteiger partial charge in [0.1, 0.15) is 11.8 Å². The van der Waals surface area contributed by atoms with Crippen molar-refractivity contribution >= 4 is 23.8 Å². The van der Waals surface area contributed by atoms with E-state index in [0.29, 0.717) is 16.9 Å². The molecule has 0 radical (unpaired) electrons. The molecule has 1 aliphatic heterocycles. The molecule has 1 fully saturated rings. The molecular weight excluding hydrogens is 406 g/mol. The van der Waals surface area contributed by atoms with Crippen molar-refractivity contribution < 1.29 is 38.1 Å². The van der Waals surface area contributed by atoms with Gasteiger partial charge in [-0.25, -0.2) is 9.59 Å². The normalized spacial score (nSPS) is 24.1. The molecule has 1 aromatic carbocycles. The molecule has 168 valence electrons. The molecule has 2 aliphatic rings. The van der Waals surface area contributed by atoms with Crippen molar-refractivity contribution in [2.75, 3.05) is 33.5 Å². The SMILES string of the molecule is CCOC(=O)[C@H]1[C@@H]2c3ccc(OC)cc3C(=O)[C@H]1CN(C(=O)OCC)[C@@H]2C(=O)OCC. The molecule has 3 rings (SSSR count). The Morgan fingerprint density at radius 1 is 1.00 bits per heavy atom. The molecule has 1 saturated heterocycles. The van der Waals surface area contributed by atoms with Gasteiger partial charge in [0.15, 0.2) is 5.78 Å². The summed E-state index contributed by atoms with van der Waals surface area (Å²) in [6.45, 7) is 5.15. The first-order valence-corrected chi connectivity index (χ1v) is 10.4. The lowest BCUT2D eigenvalue weighted by Gasteiger charge is -2.49. The fraction of sp³-hybridized carbons (Fsp3) is 0.545. The molecule has 9 heteroatoms. The fourth-order valence-electron chi connectivity index (χ4n) is 4.50. The van der Waals surface area contributed by atoms with Gasteiger partial charge in [-0.1, -0.05) is 6.07 Å². The van der Waals surface area contributed by atoms with Gasteiger partial charge < -0.3 is 18.9 Å². The van der Waals surface area contributed by atoms with Gasteiger partial charge in [-0.2, -0.15) is 0 Å². The Morgan fingerprint density at radius 2 is 1.65 bits per heavy atom. The molecular formula is C22H27NO8. The van der Waals surface area contributed by atoms with Crippen molar-refractivity contribution in [1.82, 2.24) is 4.90 Å². The van der Waals surface area contributed by atoms with Gasteiger partial charge in [0.25, 0.3) is 0 Å². The van der Waals surface area contributed by atoms with Crippen LogP contribution in [-0.2, 0) is 23.8 Å². The van der Waals surface area contributed by atoms with Crippen LogP contribution in [0, 0.1) is 11.8 Å². The van der Waals surface area contributed by atoms with Crippen LogP contribution in [0.3, 0.4) is 0 Å². The van der Waals surface area contributed by atoms with Crippen LogP contribution < -0.4 is 4.74 Å². The van der Waals surface area contributed by atoms with Crippen LogP contribution in [0.25, 0.3) is 0 Å². The molecule has 0 unspecified atom stereocenters. The van der Waals surface area contributed by atoms with Crippen molar-refractivity contribution in [2.45, 2.75) is 32.7 Å². The van der Waals surface area contributed by atoms with Crippen molar-refractivity contribution in [3.8, 4) is 5.75 Å². The van der Waals surface area contributed by atoms with Crippen LogP contribution in [-0.4, -0.2) is 68.2 Å². The monoisotopic (exact) mass is 433 g/mol. The Balaban J connectivity index is 2.20. The summed E-state index contributed by atoms with van der Waals surface area (Å²) >= 11 is 0. The zero-order valence-electron chi connectivity index (χ0n) is 18.1. The largest absolute Gasteiger partial charge is 0.497 e. The van der Waals surface area contributed by atoms with E-state index in [1.54, 1.807) is 39.0 Å². The second-order valence-electron chi connectivity index (χ2n) is 7.28. The van der Waals surface area contributed by atoms with E-state index >= 15 is 0 Å². The smallest absolute Gasteiger partial charge is 0.410 e. The van der Waals surface area contributed by atoms with E-state index in [9.17, 15) is 19.2 Å². The minimum Gasteiger partial charge on any atom is -0.497 e. The van der Waals surface area contributed by atoms with Crippen molar-refractivity contribution in [2.24, 2.45) is 11.8 Å². The highest BCUT2D eigenvalue weighted by atomic mass is 16.6. The third-order valence-corrected chi connectivity index (χ3v) is 5.70. The first-order chi connectivity index (χ1) is 14.9. The average molecular weight is 433 g/mol. The predicted molar refractivity (Wildman–Crippen MR) is 108 cm³/mol. The summed E-state index contributed by atoms with van der Waals surface area (Å²) < 4.78 is 20.9. The Labute approximate surface area is 180 Å². The number of carbonyl (C=O) groups is 4. The number of hydrogen-bond acceptors (Lipinski definition) is 8. The topological polar surface area (TPSA) is 108 Å². The number of carbonyl (C=O) groups excluding carboxylic acids is 4. The van der Waals surface area contributed by atoms with E-state index in [4.69, 9.17) is 18.9 Å². The highest BCUT2D eigenvalue weighted by molar-refractivity contribution is 6.05. The van der Waals surface area contributed by atoms with Crippen LogP contribution in [0.5, 0.6) is 5.75 Å². The molecule has 1 amide bonds. The van der Waals surface area contributed by atoms with E-state index in [1.807, 2.05) is 0 Å². The third kappa shape index (κ3) is 3.96. The van der Waals surface area contributed by atoms with Crippen molar-refractivity contribution in [3.05, 3.63) is 29.3 Å². The summed E-state index contributed by atoms with van der Waals surface area (Å²) in [5.41, 5.74) is 0.847. The Bertz CT molecular complexity index is 882. The molecule has 1 aromatic rings. The molecule has 4 atom stereocenters. The summed E-state index contributed by atoms with van der Waals surface area (Å²) in [7, 11) is 1.49. The van der Waals surface area contributed by atoms with Crippen LogP contribution in [0.1, 0.15) is 42.6 Å². The standard InChI is InChI=1S/C22H27NO8/c1-5-29-20(25)17-15-11-23(22(27)31-7-3)18(21(26)30-6-2)16(17)13-9-8-12(28-4)10-14(13)19(15)24/h8-10,15-18H,5-7,11H2,1-4H3/t15-,16-,17+,18-/m0/s1. The van der Waals surface area contributed by atoms with E-state index in [-0.39, 0.29) is 32.1 Å². The fourth-order valence-corrected chi connectivity index (χ4v) is 4.50. The number of ketones is 1. The highest BCUT2D eigenvalue weighted by Gasteiger charge is 2.58. The van der Waals surface area contributed by atoms with Crippen molar-refractivity contribution in [1.29, 1.82) is 0 Å². The summed E-state index contributed by atoms with van der Waals surface area (Å²) in [5.74, 6) is -3.68. The number of hydrogen-bond donors (Lipinski definition) is 0. The molecule has 1 aliphatic carbocycles. The number of piperidine rings is 1. The maximum Gasteiger partial charge on any atom is 0.410 e. The van der Waals surface area contributed by atoms with Gasteiger partial charge in [0, 0.05) is 18.0 Å². The van der Waals surface area contributed by atoms with Gasteiger partial charge in [-0.05, 0) is 38.5 Å². The second-order valence-corrected chi connectivity index (χ2v) is 7.28. The molecule has 0 aromatic heterocycles. The lowest BCUT2D eigenvalue weighted by molar-refractivity contribution is -0.160. The average Bonchev–Trinajstić information content (AvgIpc) is 2.76. The number of ether oxygens (including phenoxy) is 4. The summed E-state index contributed by atoms with van der Waals surface area (Å²) in [6, 6.07) is 3.77. The summed E-state index contributed by atoms with van der Waals surface area (Å²) in [4.78, 5) is 53.3. The maximum atomic E-state index is 13.4. The number of esters is 2. The number of benzene rings is 1. The van der Waals surface area contributed by atoms with Crippen LogP contribution in [0.4, 0.5) is 4.79 Å². The zero-order chi connectivity index (χ0) is 22.7. The molecule has 1 heterocycles. The number of methoxy groups -OCH3 is 1. The Kier molecular flexibility index (Phi) is 6.82. The lowest BCUT2D eigenvalue weighted by atomic mass is 9.62. The number of likely N-dealkylation sites (tertiary alicyclic amines) is 1. The minimum absolute atomic E-state index is 0.0978. The Hall–Kier alpha value is -3.10. The Morgan fingerprint density at radius 3 is 2.26 bits per heavy atom. The molecule has 0 N–H and O–H groups in total. The van der Waals surface area contributed by atoms with Crippen LogP contribution >= 0.6 is 0 Å². The van der Waals surface area contributed by atoms with E-state index in [2.05, 4.69) is 0 Å². The van der Waals surface area contributed by atoms with Gasteiger partial charge in [-0.15, -0.1) is 0 Å². The van der Waals surface area contributed by atoms with E-state index in [1.165, 1.54) is 12.0 Å². The van der Waals surface area contributed by atoms with Gasteiger partial charge in [0.2, 0.25) is 0 Å². The summed E-state index contributed by atoms with van der Waals surface area (Å²) in [5, 5.41) is 0. The first kappa shape index (κ1) is 22.6. The highest BCUT2D eigenvalue weighted by Crippen LogP contribution is 2.48. The zero-order valence-corrected chi connectivity index (χ0v) is 18.1. The quantitative estimate of drug-likeness (QED) is 0.496. The number of nitrogens with zero attached hydrogens (tertiary/aromatic N) is 1. The second kappa shape index (κ2) is 9.36. The third-order valence-electron chi connectivity index (χ3n) is 5.70. The first-order valence-electron chi connectivity index (χ1n) is 10.4. The minimum atomic E-state index is -1.13. The maximum absolute atomic E-state index is 13.4. The van der Waals surface area contributed by atoms with E-state index < -0.39 is 41.8 Å². The van der Waals surface area contributed by atoms with Crippen LogP contribution in [0.2, 0.25) is 0 Å². The number of amides is 1.